The van der Waals surface area contributed by atoms with E-state index in [0.29, 0.717) is 12.1 Å². The summed E-state index contributed by atoms with van der Waals surface area (Å²) in [6.45, 7) is 16.0. The third-order valence-corrected chi connectivity index (χ3v) is 11.7. The zero-order chi connectivity index (χ0) is 19.3. The molecule has 1 aliphatic carbocycles. The van der Waals surface area contributed by atoms with Crippen LogP contribution in [-0.2, 0) is 0 Å². The minimum Gasteiger partial charge on any atom is -0.489 e. The number of para-hydroxylation sites is 1. The summed E-state index contributed by atoms with van der Waals surface area (Å²) in [6, 6.07) is 11.5. The predicted molar refractivity (Wildman–Crippen MR) is 123 cm³/mol. The van der Waals surface area contributed by atoms with E-state index in [-0.39, 0.29) is 0 Å². The molecule has 27 heavy (non-hydrogen) atoms. The molecule has 0 amide bonds. The second-order valence-electron chi connectivity index (χ2n) is 7.99. The van der Waals surface area contributed by atoms with Crippen LogP contribution in [0.4, 0.5) is 0 Å². The van der Waals surface area contributed by atoms with Crippen LogP contribution in [0.15, 0.2) is 43.0 Å². The fraction of sp³-hybridized carbons (Fsp3) is 0.304. The minimum atomic E-state index is -1.89. The van der Waals surface area contributed by atoms with Crippen molar-refractivity contribution in [2.24, 2.45) is 0 Å². The Morgan fingerprint density at radius 1 is 1.04 bits per heavy atom. The molecular weight excluding hydrogens is 384 g/mol. The van der Waals surface area contributed by atoms with Gasteiger partial charge in [0.1, 0.15) is 12.4 Å². The second-order valence-corrected chi connectivity index (χ2v) is 15.1. The molecule has 2 aromatic heterocycles. The quantitative estimate of drug-likeness (QED) is 0.341. The molecule has 0 atom stereocenters. The third-order valence-electron chi connectivity index (χ3n) is 5.57. The highest BCUT2D eigenvalue weighted by Crippen LogP contribution is 2.55. The molecule has 140 valence electrons. The Kier molecular flexibility index (Phi) is 4.69. The van der Waals surface area contributed by atoms with Crippen LogP contribution in [0.2, 0.25) is 13.1 Å². The van der Waals surface area contributed by atoms with Crippen LogP contribution in [0.3, 0.4) is 0 Å². The molecule has 1 nitrogen and oxygen atoms in total. The number of aryl methyl sites for hydroxylation is 3. The lowest BCUT2D eigenvalue weighted by atomic mass is 10.2. The first-order valence-electron chi connectivity index (χ1n) is 9.39. The SMILES string of the molecule is C=CCOc1c(C)cccc1[Si](C)(C)C1c2cc(C)sc2-c2sc(C)cc21. The van der Waals surface area contributed by atoms with Crippen molar-refractivity contribution >= 4 is 35.9 Å². The molecule has 0 bridgehead atoms. The standard InChI is InChI=1S/C23H26OS2Si/c1-7-11-24-20-14(2)9-8-10-19(20)27(5,6)23-17-12-15(3)25-21(17)22-18(23)13-16(4)26-22/h7-10,12-13,23H,1,11H2,2-6H3. The van der Waals surface area contributed by atoms with Gasteiger partial charge in [-0.1, -0.05) is 43.9 Å². The fourth-order valence-electron chi connectivity index (χ4n) is 4.45. The van der Waals surface area contributed by atoms with Crippen LogP contribution in [0.5, 0.6) is 5.75 Å². The molecule has 0 spiro atoms. The highest BCUT2D eigenvalue weighted by atomic mass is 32.1. The molecule has 2 heterocycles. The summed E-state index contributed by atoms with van der Waals surface area (Å²) in [4.78, 5) is 5.84. The van der Waals surface area contributed by atoms with Gasteiger partial charge in [-0.15, -0.1) is 22.7 Å². The van der Waals surface area contributed by atoms with Crippen LogP contribution in [0.1, 0.15) is 32.0 Å². The zero-order valence-corrected chi connectivity index (χ0v) is 19.3. The molecule has 4 rings (SSSR count). The highest BCUT2D eigenvalue weighted by Gasteiger charge is 2.45. The third kappa shape index (κ3) is 2.95. The number of hydrogen-bond acceptors (Lipinski definition) is 3. The maximum atomic E-state index is 6.17. The van der Waals surface area contributed by atoms with Crippen LogP contribution in [0.25, 0.3) is 9.75 Å². The molecule has 0 saturated heterocycles. The Morgan fingerprint density at radius 2 is 1.63 bits per heavy atom. The normalized spacial score (nSPS) is 13.5. The summed E-state index contributed by atoms with van der Waals surface area (Å²) >= 11 is 3.91. The largest absolute Gasteiger partial charge is 0.489 e. The van der Waals surface area contributed by atoms with Gasteiger partial charge < -0.3 is 4.74 Å². The molecule has 1 aromatic carbocycles. The first-order valence-corrected chi connectivity index (χ1v) is 14.1. The molecule has 0 aliphatic heterocycles. The van der Waals surface area contributed by atoms with Gasteiger partial charge >= 0.3 is 0 Å². The fourth-order valence-corrected chi connectivity index (χ4v) is 10.6. The Balaban J connectivity index is 1.90. The van der Waals surface area contributed by atoms with Gasteiger partial charge in [0, 0.05) is 25.0 Å². The van der Waals surface area contributed by atoms with E-state index in [0.717, 1.165) is 5.75 Å². The first-order chi connectivity index (χ1) is 12.8. The Hall–Kier alpha value is -1.62. The maximum absolute atomic E-state index is 6.17. The lowest BCUT2D eigenvalue weighted by molar-refractivity contribution is 0.363. The average Bonchev–Trinajstić information content (AvgIpc) is 3.22. The number of benzene rings is 1. The first kappa shape index (κ1) is 18.7. The number of hydrogen-bond donors (Lipinski definition) is 0. The lowest BCUT2D eigenvalue weighted by Gasteiger charge is -2.33. The van der Waals surface area contributed by atoms with E-state index in [1.807, 2.05) is 28.7 Å². The van der Waals surface area contributed by atoms with Crippen molar-refractivity contribution in [1.82, 2.24) is 0 Å². The highest BCUT2D eigenvalue weighted by molar-refractivity contribution is 7.23. The number of ether oxygens (including phenoxy) is 1. The molecular formula is C23H26OS2Si. The lowest BCUT2D eigenvalue weighted by Crippen LogP contribution is -2.48. The van der Waals surface area contributed by atoms with E-state index < -0.39 is 8.07 Å². The van der Waals surface area contributed by atoms with E-state index in [2.05, 4.69) is 70.8 Å². The van der Waals surface area contributed by atoms with Gasteiger partial charge in [0.25, 0.3) is 0 Å². The molecule has 0 radical (unpaired) electrons. The van der Waals surface area contributed by atoms with Gasteiger partial charge in [-0.2, -0.15) is 0 Å². The van der Waals surface area contributed by atoms with Gasteiger partial charge in [0.2, 0.25) is 0 Å². The Labute approximate surface area is 171 Å². The van der Waals surface area contributed by atoms with E-state index >= 15 is 0 Å². The van der Waals surface area contributed by atoms with Crippen molar-refractivity contribution in [3.63, 3.8) is 0 Å². The summed E-state index contributed by atoms with van der Waals surface area (Å²) < 4.78 is 6.17. The van der Waals surface area contributed by atoms with Gasteiger partial charge in [0.15, 0.2) is 0 Å². The van der Waals surface area contributed by atoms with E-state index in [1.165, 1.54) is 30.3 Å². The van der Waals surface area contributed by atoms with Crippen LogP contribution < -0.4 is 9.92 Å². The van der Waals surface area contributed by atoms with Crippen molar-refractivity contribution in [3.05, 3.63) is 69.4 Å². The zero-order valence-electron chi connectivity index (χ0n) is 16.7. The van der Waals surface area contributed by atoms with Crippen molar-refractivity contribution < 1.29 is 4.74 Å². The summed E-state index contributed by atoms with van der Waals surface area (Å²) in [6.07, 6.45) is 1.83. The van der Waals surface area contributed by atoms with E-state index in [4.69, 9.17) is 4.74 Å². The molecule has 1 aliphatic rings. The van der Waals surface area contributed by atoms with Gasteiger partial charge in [-0.25, -0.2) is 0 Å². The summed E-state index contributed by atoms with van der Waals surface area (Å²) in [5.41, 5.74) is 4.81. The number of rotatable bonds is 5. The van der Waals surface area contributed by atoms with Crippen LogP contribution >= 0.6 is 22.7 Å². The summed E-state index contributed by atoms with van der Waals surface area (Å²) in [5, 5.41) is 1.42. The van der Waals surface area contributed by atoms with Crippen molar-refractivity contribution in [1.29, 1.82) is 0 Å². The van der Waals surface area contributed by atoms with Gasteiger partial charge in [-0.05, 0) is 54.8 Å². The average molecular weight is 411 g/mol. The van der Waals surface area contributed by atoms with Crippen molar-refractivity contribution in [3.8, 4) is 15.5 Å². The second kappa shape index (κ2) is 6.76. The topological polar surface area (TPSA) is 9.23 Å². The van der Waals surface area contributed by atoms with Gasteiger partial charge in [0.05, 0.1) is 8.07 Å². The number of fused-ring (bicyclic) bond motifs is 3. The monoisotopic (exact) mass is 410 g/mol. The summed E-state index contributed by atoms with van der Waals surface area (Å²) in [7, 11) is -1.89. The molecule has 4 heteroatoms. The van der Waals surface area contributed by atoms with Crippen molar-refractivity contribution in [2.45, 2.75) is 39.4 Å². The van der Waals surface area contributed by atoms with Crippen LogP contribution in [-0.4, -0.2) is 14.7 Å². The molecule has 0 N–H and O–H groups in total. The Bertz CT molecular complexity index is 979. The predicted octanol–water partition coefficient (Wildman–Crippen LogP) is 6.57. The molecule has 0 saturated carbocycles. The maximum Gasteiger partial charge on any atom is 0.121 e. The summed E-state index contributed by atoms with van der Waals surface area (Å²) in [5.74, 6) is 1.07. The van der Waals surface area contributed by atoms with Crippen LogP contribution in [0, 0.1) is 20.8 Å². The number of thiophene rings is 2. The minimum absolute atomic E-state index is 0.491. The van der Waals surface area contributed by atoms with E-state index in [9.17, 15) is 0 Å². The Morgan fingerprint density at radius 3 is 2.19 bits per heavy atom. The molecule has 0 unspecified atom stereocenters. The molecule has 0 fully saturated rings. The smallest absolute Gasteiger partial charge is 0.121 e. The van der Waals surface area contributed by atoms with Crippen molar-refractivity contribution in [2.75, 3.05) is 6.61 Å². The van der Waals surface area contributed by atoms with E-state index in [1.54, 1.807) is 11.1 Å². The molecule has 3 aromatic rings. The van der Waals surface area contributed by atoms with Gasteiger partial charge in [-0.3, -0.25) is 0 Å².